The summed E-state index contributed by atoms with van der Waals surface area (Å²) >= 11 is 0. The van der Waals surface area contributed by atoms with Crippen LogP contribution in [0.3, 0.4) is 0 Å². The van der Waals surface area contributed by atoms with Gasteiger partial charge in [-0.15, -0.1) is 0 Å². The molecular weight excluding hydrogens is 425 g/mol. The highest BCUT2D eigenvalue weighted by Crippen LogP contribution is 2.79. The first-order chi connectivity index (χ1) is 14.1. The first-order valence-corrected chi connectivity index (χ1v) is 9.75. The number of rotatable bonds is 5. The Hall–Kier alpha value is -2.46. The Kier molecular flexibility index (Phi) is 5.47. The Morgan fingerprint density at radius 1 is 1.13 bits per heavy atom. The molecule has 0 spiro atoms. The topological polar surface area (TPSA) is 80.3 Å². The zero-order chi connectivity index (χ0) is 23.4. The molecule has 2 atom stereocenters. The lowest BCUT2D eigenvalue weighted by Crippen LogP contribution is -2.76. The van der Waals surface area contributed by atoms with Crippen LogP contribution in [0.1, 0.15) is 58.7 Å². The maximum atomic E-state index is 14.0. The van der Waals surface area contributed by atoms with E-state index in [2.05, 4.69) is 15.6 Å². The lowest BCUT2D eigenvalue weighted by Gasteiger charge is -2.72. The smallest absolute Gasteiger partial charge is 0.408 e. The summed E-state index contributed by atoms with van der Waals surface area (Å²) in [6, 6.07) is -1.71. The molecule has 0 radical (unpaired) electrons. The Morgan fingerprint density at radius 2 is 1.71 bits per heavy atom. The van der Waals surface area contributed by atoms with Crippen molar-refractivity contribution in [3.8, 4) is 0 Å². The van der Waals surface area contributed by atoms with E-state index in [0.29, 0.717) is 6.07 Å². The van der Waals surface area contributed by atoms with Crippen LogP contribution in [-0.4, -0.2) is 34.8 Å². The second-order valence-electron chi connectivity index (χ2n) is 9.50. The molecule has 3 aliphatic rings. The van der Waals surface area contributed by atoms with Crippen molar-refractivity contribution in [3.05, 3.63) is 29.6 Å². The zero-order valence-corrected chi connectivity index (χ0v) is 17.5. The van der Waals surface area contributed by atoms with Crippen LogP contribution in [0.25, 0.3) is 0 Å². The summed E-state index contributed by atoms with van der Waals surface area (Å²) in [5.41, 5.74) is -4.02. The van der Waals surface area contributed by atoms with Crippen LogP contribution in [-0.2, 0) is 9.53 Å². The van der Waals surface area contributed by atoms with E-state index in [4.69, 9.17) is 4.74 Å². The van der Waals surface area contributed by atoms with Gasteiger partial charge in [-0.25, -0.2) is 13.6 Å². The van der Waals surface area contributed by atoms with Gasteiger partial charge in [-0.1, -0.05) is 0 Å². The molecule has 2 N–H and O–H groups in total. The van der Waals surface area contributed by atoms with Crippen molar-refractivity contribution in [2.75, 3.05) is 0 Å². The van der Waals surface area contributed by atoms with Crippen LogP contribution >= 0.6 is 0 Å². The van der Waals surface area contributed by atoms with Crippen molar-refractivity contribution in [2.24, 2.45) is 10.8 Å². The molecular formula is C20H24F5N3O3. The molecule has 3 saturated carbocycles. The lowest BCUT2D eigenvalue weighted by atomic mass is 9.32. The Balaban J connectivity index is 1.76. The number of hydrogen-bond donors (Lipinski definition) is 2. The summed E-state index contributed by atoms with van der Waals surface area (Å²) in [5.74, 6) is -2.67. The number of nitrogens with one attached hydrogen (secondary N) is 2. The predicted octanol–water partition coefficient (Wildman–Crippen LogP) is 4.16. The summed E-state index contributed by atoms with van der Waals surface area (Å²) < 4.78 is 72.0. The number of carbonyl (C=O) groups is 2. The zero-order valence-electron chi connectivity index (χ0n) is 17.5. The SMILES string of the molecule is C[C@H](NC(=O)C(NC(=O)OC(C)(C)C)C12CC(C(F)(F)F)(C1)C2)c1ncc(F)cc1F. The van der Waals surface area contributed by atoms with Crippen LogP contribution in [0.15, 0.2) is 12.3 Å². The van der Waals surface area contributed by atoms with Crippen molar-refractivity contribution >= 4 is 12.0 Å². The minimum absolute atomic E-state index is 0.241. The lowest BCUT2D eigenvalue weighted by molar-refractivity contribution is -0.366. The van der Waals surface area contributed by atoms with Crippen molar-refractivity contribution in [1.29, 1.82) is 0 Å². The number of hydrogen-bond acceptors (Lipinski definition) is 4. The Labute approximate surface area is 175 Å². The molecule has 1 heterocycles. The number of carbonyl (C=O) groups excluding carboxylic acids is 2. The van der Waals surface area contributed by atoms with Crippen molar-refractivity contribution in [2.45, 2.75) is 70.8 Å². The number of nitrogens with zero attached hydrogens (tertiary/aromatic N) is 1. The highest BCUT2D eigenvalue weighted by molar-refractivity contribution is 5.87. The minimum atomic E-state index is -4.39. The summed E-state index contributed by atoms with van der Waals surface area (Å²) in [6.45, 7) is 6.20. The molecule has 6 nitrogen and oxygen atoms in total. The van der Waals surface area contributed by atoms with Gasteiger partial charge in [0.05, 0.1) is 23.3 Å². The Morgan fingerprint density at radius 3 is 2.19 bits per heavy atom. The third kappa shape index (κ3) is 4.31. The van der Waals surface area contributed by atoms with Crippen LogP contribution in [0.5, 0.6) is 0 Å². The fourth-order valence-corrected chi connectivity index (χ4v) is 4.50. The second kappa shape index (κ2) is 7.30. The summed E-state index contributed by atoms with van der Waals surface area (Å²) in [5, 5.41) is 4.85. The average Bonchev–Trinajstić information content (AvgIpc) is 2.47. The molecule has 2 amide bonds. The third-order valence-corrected chi connectivity index (χ3v) is 5.81. The number of pyridine rings is 1. The van der Waals surface area contributed by atoms with E-state index >= 15 is 0 Å². The predicted molar refractivity (Wildman–Crippen MR) is 98.6 cm³/mol. The van der Waals surface area contributed by atoms with Gasteiger partial charge in [0.25, 0.3) is 0 Å². The average molecular weight is 449 g/mol. The summed E-state index contributed by atoms with van der Waals surface area (Å²) in [6.07, 6.45) is -5.45. The van der Waals surface area contributed by atoms with Gasteiger partial charge in [-0.05, 0) is 47.0 Å². The van der Waals surface area contributed by atoms with Gasteiger partial charge in [0, 0.05) is 11.5 Å². The van der Waals surface area contributed by atoms with Gasteiger partial charge in [0.2, 0.25) is 5.91 Å². The first kappa shape index (κ1) is 23.2. The fraction of sp³-hybridized carbons (Fsp3) is 0.650. The number of amides is 2. The summed E-state index contributed by atoms with van der Waals surface area (Å²) in [7, 11) is 0. The van der Waals surface area contributed by atoms with E-state index in [1.165, 1.54) is 6.92 Å². The number of alkyl carbamates (subject to hydrolysis) is 1. The van der Waals surface area contributed by atoms with Crippen molar-refractivity contribution < 1.29 is 36.3 Å². The standard InChI is InChI=1S/C20H24F5N3O3/c1-10(13-12(22)5-11(21)6-26-13)27-15(29)14(28-16(30)31-17(2,3)4)18-7-19(8-18,9-18)20(23,24)25/h5-6,10,14H,7-9H2,1-4H3,(H,27,29)(H,28,30)/t10-,14?,18?,19?/m0/s1. The van der Waals surface area contributed by atoms with Crippen LogP contribution < -0.4 is 10.6 Å². The van der Waals surface area contributed by atoms with Crippen LogP contribution in [0.4, 0.5) is 26.7 Å². The molecule has 31 heavy (non-hydrogen) atoms. The van der Waals surface area contributed by atoms with Gasteiger partial charge < -0.3 is 15.4 Å². The van der Waals surface area contributed by atoms with Crippen LogP contribution in [0.2, 0.25) is 0 Å². The highest BCUT2D eigenvalue weighted by Gasteiger charge is 2.81. The molecule has 1 aromatic rings. The second-order valence-corrected chi connectivity index (χ2v) is 9.50. The fourth-order valence-electron chi connectivity index (χ4n) is 4.50. The van der Waals surface area contributed by atoms with E-state index in [1.54, 1.807) is 20.8 Å². The van der Waals surface area contributed by atoms with Gasteiger partial charge in [0.15, 0.2) is 0 Å². The highest BCUT2D eigenvalue weighted by atomic mass is 19.4. The molecule has 0 saturated heterocycles. The molecule has 3 fully saturated rings. The van der Waals surface area contributed by atoms with E-state index in [1.807, 2.05) is 0 Å². The molecule has 3 aliphatic carbocycles. The molecule has 1 aromatic heterocycles. The van der Waals surface area contributed by atoms with Gasteiger partial charge in [-0.2, -0.15) is 13.2 Å². The van der Waals surface area contributed by atoms with E-state index < -0.39 is 58.3 Å². The van der Waals surface area contributed by atoms with Gasteiger partial charge in [-0.3, -0.25) is 9.78 Å². The molecule has 1 unspecified atom stereocenters. The monoisotopic (exact) mass is 449 g/mol. The molecule has 11 heteroatoms. The van der Waals surface area contributed by atoms with E-state index in [9.17, 15) is 31.5 Å². The van der Waals surface area contributed by atoms with Gasteiger partial charge >= 0.3 is 12.3 Å². The summed E-state index contributed by atoms with van der Waals surface area (Å²) in [4.78, 5) is 28.8. The van der Waals surface area contributed by atoms with Gasteiger partial charge in [0.1, 0.15) is 23.3 Å². The molecule has 4 rings (SSSR count). The number of aromatic nitrogens is 1. The maximum Gasteiger partial charge on any atom is 0.408 e. The van der Waals surface area contributed by atoms with Crippen molar-refractivity contribution in [3.63, 3.8) is 0 Å². The van der Waals surface area contributed by atoms with E-state index in [-0.39, 0.29) is 25.0 Å². The minimum Gasteiger partial charge on any atom is -0.444 e. The van der Waals surface area contributed by atoms with E-state index in [0.717, 1.165) is 6.20 Å². The molecule has 172 valence electrons. The third-order valence-electron chi connectivity index (χ3n) is 5.81. The molecule has 0 aromatic carbocycles. The normalized spacial score (nSPS) is 26.7. The first-order valence-electron chi connectivity index (χ1n) is 9.75. The number of ether oxygens (including phenoxy) is 1. The molecule has 2 bridgehead atoms. The molecule has 0 aliphatic heterocycles. The maximum absolute atomic E-state index is 14.0. The Bertz CT molecular complexity index is 877. The quantitative estimate of drug-likeness (QED) is 0.662. The van der Waals surface area contributed by atoms with Crippen LogP contribution in [0, 0.1) is 22.5 Å². The number of alkyl halides is 3. The van der Waals surface area contributed by atoms with Crippen molar-refractivity contribution in [1.82, 2.24) is 15.6 Å². The largest absolute Gasteiger partial charge is 0.444 e. The number of halogens is 5.